The van der Waals surface area contributed by atoms with E-state index in [0.29, 0.717) is 30.5 Å². The Morgan fingerprint density at radius 2 is 1.87 bits per heavy atom. The molecule has 0 fully saturated rings. The Labute approximate surface area is 132 Å². The molecule has 23 heavy (non-hydrogen) atoms. The van der Waals surface area contributed by atoms with E-state index < -0.39 is 0 Å². The monoisotopic (exact) mass is 311 g/mol. The summed E-state index contributed by atoms with van der Waals surface area (Å²) in [5, 5.41) is 8.13. The molecule has 0 saturated heterocycles. The topological polar surface area (TPSA) is 51.4 Å². The van der Waals surface area contributed by atoms with Gasteiger partial charge in [-0.1, -0.05) is 12.1 Å². The zero-order valence-electron chi connectivity index (χ0n) is 12.3. The Bertz CT molecular complexity index is 817. The van der Waals surface area contributed by atoms with Gasteiger partial charge >= 0.3 is 0 Å². The second-order valence-electron chi connectivity index (χ2n) is 5.25. The molecule has 0 N–H and O–H groups in total. The maximum Gasteiger partial charge on any atom is 0.247 e. The Morgan fingerprint density at radius 1 is 1.04 bits per heavy atom. The van der Waals surface area contributed by atoms with Crippen LogP contribution in [0, 0.1) is 5.82 Å². The van der Waals surface area contributed by atoms with Crippen molar-refractivity contribution in [2.75, 3.05) is 18.1 Å². The van der Waals surface area contributed by atoms with Gasteiger partial charge < -0.3 is 14.1 Å². The van der Waals surface area contributed by atoms with Gasteiger partial charge in [0.15, 0.2) is 0 Å². The van der Waals surface area contributed by atoms with Gasteiger partial charge in [0.2, 0.25) is 11.8 Å². The van der Waals surface area contributed by atoms with E-state index in [2.05, 4.69) is 15.1 Å². The zero-order chi connectivity index (χ0) is 15.6. The maximum absolute atomic E-state index is 13.0. The van der Waals surface area contributed by atoms with Crippen LogP contribution in [0.1, 0.15) is 5.89 Å². The second-order valence-corrected chi connectivity index (χ2v) is 5.25. The summed E-state index contributed by atoms with van der Waals surface area (Å²) in [6.07, 6.45) is 0. The number of aromatic nitrogens is 2. The number of halogens is 1. The number of ether oxygens (including phenoxy) is 1. The normalized spacial score (nSPS) is 13.5. The highest BCUT2D eigenvalue weighted by atomic mass is 19.1. The van der Waals surface area contributed by atoms with Gasteiger partial charge in [0.05, 0.1) is 18.8 Å². The summed E-state index contributed by atoms with van der Waals surface area (Å²) in [7, 11) is 0. The lowest BCUT2D eigenvalue weighted by atomic mass is 10.2. The number of hydrogen-bond acceptors (Lipinski definition) is 5. The van der Waals surface area contributed by atoms with Crippen molar-refractivity contribution in [3.63, 3.8) is 0 Å². The standard InChI is InChI=1S/C17H14FN3O2/c18-13-7-5-12(6-8-13)17-20-19-16(23-17)11-21-9-10-22-15-4-2-1-3-14(15)21/h1-8H,9-11H2. The Balaban J connectivity index is 1.56. The molecule has 1 aromatic heterocycles. The van der Waals surface area contributed by atoms with E-state index in [-0.39, 0.29) is 5.82 Å². The van der Waals surface area contributed by atoms with E-state index in [1.807, 2.05) is 24.3 Å². The molecule has 0 atom stereocenters. The van der Waals surface area contributed by atoms with E-state index in [9.17, 15) is 4.39 Å². The molecule has 2 heterocycles. The van der Waals surface area contributed by atoms with Crippen molar-refractivity contribution in [3.05, 3.63) is 60.2 Å². The third-order valence-electron chi connectivity index (χ3n) is 3.71. The SMILES string of the molecule is Fc1ccc(-c2nnc(CN3CCOc4ccccc43)o2)cc1. The predicted molar refractivity (Wildman–Crippen MR) is 82.7 cm³/mol. The summed E-state index contributed by atoms with van der Waals surface area (Å²) in [5.74, 6) is 1.47. The summed E-state index contributed by atoms with van der Waals surface area (Å²) in [4.78, 5) is 2.14. The largest absolute Gasteiger partial charge is 0.490 e. The van der Waals surface area contributed by atoms with E-state index in [0.717, 1.165) is 18.0 Å². The zero-order valence-corrected chi connectivity index (χ0v) is 12.3. The van der Waals surface area contributed by atoms with Crippen LogP contribution in [0.4, 0.5) is 10.1 Å². The van der Waals surface area contributed by atoms with Crippen molar-refractivity contribution in [1.29, 1.82) is 0 Å². The number of para-hydroxylation sites is 2. The molecule has 0 bridgehead atoms. The first-order valence-electron chi connectivity index (χ1n) is 7.35. The van der Waals surface area contributed by atoms with Crippen LogP contribution in [0.3, 0.4) is 0 Å². The first-order valence-corrected chi connectivity index (χ1v) is 7.35. The second kappa shape index (κ2) is 5.72. The third kappa shape index (κ3) is 2.75. The minimum Gasteiger partial charge on any atom is -0.490 e. The number of anilines is 1. The van der Waals surface area contributed by atoms with Crippen LogP contribution in [-0.4, -0.2) is 23.3 Å². The van der Waals surface area contributed by atoms with E-state index >= 15 is 0 Å². The van der Waals surface area contributed by atoms with Gasteiger partial charge in [-0.2, -0.15) is 0 Å². The summed E-state index contributed by atoms with van der Waals surface area (Å²) >= 11 is 0. The Morgan fingerprint density at radius 3 is 2.74 bits per heavy atom. The van der Waals surface area contributed by atoms with Crippen molar-refractivity contribution >= 4 is 5.69 Å². The third-order valence-corrected chi connectivity index (χ3v) is 3.71. The predicted octanol–water partition coefficient (Wildman–Crippen LogP) is 3.27. The number of hydrogen-bond donors (Lipinski definition) is 0. The van der Waals surface area contributed by atoms with Crippen molar-refractivity contribution in [1.82, 2.24) is 10.2 Å². The highest BCUT2D eigenvalue weighted by Gasteiger charge is 2.20. The van der Waals surface area contributed by atoms with Crippen molar-refractivity contribution in [2.24, 2.45) is 0 Å². The summed E-state index contributed by atoms with van der Waals surface area (Å²) in [6.45, 7) is 1.88. The van der Waals surface area contributed by atoms with Gasteiger partial charge in [0.25, 0.3) is 0 Å². The molecule has 0 amide bonds. The lowest BCUT2D eigenvalue weighted by Crippen LogP contribution is -2.32. The van der Waals surface area contributed by atoms with Gasteiger partial charge in [-0.25, -0.2) is 4.39 Å². The smallest absolute Gasteiger partial charge is 0.247 e. The Hall–Kier alpha value is -2.89. The molecular formula is C17H14FN3O2. The molecule has 0 spiro atoms. The molecule has 4 rings (SSSR count). The molecule has 1 aliphatic rings. The highest BCUT2D eigenvalue weighted by molar-refractivity contribution is 5.59. The first-order chi connectivity index (χ1) is 11.3. The van der Waals surface area contributed by atoms with Crippen molar-refractivity contribution < 1.29 is 13.5 Å². The van der Waals surface area contributed by atoms with Gasteiger partial charge in [0.1, 0.15) is 18.2 Å². The van der Waals surface area contributed by atoms with Gasteiger partial charge in [0, 0.05) is 5.56 Å². The van der Waals surface area contributed by atoms with Crippen molar-refractivity contribution in [3.8, 4) is 17.2 Å². The molecule has 3 aromatic rings. The van der Waals surface area contributed by atoms with Crippen LogP contribution in [0.5, 0.6) is 5.75 Å². The molecule has 116 valence electrons. The Kier molecular flexibility index (Phi) is 3.42. The fourth-order valence-corrected chi connectivity index (χ4v) is 2.58. The van der Waals surface area contributed by atoms with E-state index in [1.165, 1.54) is 12.1 Å². The lowest BCUT2D eigenvalue weighted by Gasteiger charge is -2.29. The molecule has 0 saturated carbocycles. The minimum absolute atomic E-state index is 0.293. The van der Waals surface area contributed by atoms with Gasteiger partial charge in [-0.05, 0) is 36.4 Å². The fraction of sp³-hybridized carbons (Fsp3) is 0.176. The minimum atomic E-state index is -0.293. The van der Waals surface area contributed by atoms with E-state index in [4.69, 9.17) is 9.15 Å². The molecule has 0 unspecified atom stereocenters. The lowest BCUT2D eigenvalue weighted by molar-refractivity contribution is 0.304. The van der Waals surface area contributed by atoms with Crippen LogP contribution in [0.2, 0.25) is 0 Å². The average molecular weight is 311 g/mol. The maximum atomic E-state index is 13.0. The number of nitrogens with zero attached hydrogens (tertiary/aromatic N) is 3. The average Bonchev–Trinajstić information content (AvgIpc) is 3.04. The molecule has 6 heteroatoms. The van der Waals surface area contributed by atoms with Crippen LogP contribution < -0.4 is 9.64 Å². The van der Waals surface area contributed by atoms with Crippen LogP contribution in [0.25, 0.3) is 11.5 Å². The van der Waals surface area contributed by atoms with Crippen LogP contribution in [-0.2, 0) is 6.54 Å². The number of fused-ring (bicyclic) bond motifs is 1. The number of rotatable bonds is 3. The van der Waals surface area contributed by atoms with Crippen molar-refractivity contribution in [2.45, 2.75) is 6.54 Å². The van der Waals surface area contributed by atoms with Crippen LogP contribution in [0.15, 0.2) is 52.9 Å². The van der Waals surface area contributed by atoms with Gasteiger partial charge in [-0.3, -0.25) is 0 Å². The molecule has 0 aliphatic carbocycles. The molecule has 2 aromatic carbocycles. The quantitative estimate of drug-likeness (QED) is 0.743. The summed E-state index contributed by atoms with van der Waals surface area (Å²) in [5.41, 5.74) is 1.72. The highest BCUT2D eigenvalue weighted by Crippen LogP contribution is 2.32. The first kappa shape index (κ1) is 13.8. The summed E-state index contributed by atoms with van der Waals surface area (Å²) in [6, 6.07) is 13.9. The molecular weight excluding hydrogens is 297 g/mol. The molecule has 1 aliphatic heterocycles. The summed E-state index contributed by atoms with van der Waals surface area (Å²) < 4.78 is 24.3. The fourth-order valence-electron chi connectivity index (χ4n) is 2.58. The molecule has 0 radical (unpaired) electrons. The number of benzene rings is 2. The van der Waals surface area contributed by atoms with Gasteiger partial charge in [-0.15, -0.1) is 10.2 Å². The molecule has 5 nitrogen and oxygen atoms in total. The van der Waals surface area contributed by atoms with E-state index in [1.54, 1.807) is 12.1 Å². The van der Waals surface area contributed by atoms with Crippen LogP contribution >= 0.6 is 0 Å².